The van der Waals surface area contributed by atoms with Crippen molar-refractivity contribution < 1.29 is 9.90 Å². The van der Waals surface area contributed by atoms with Gasteiger partial charge in [0, 0.05) is 56.1 Å². The molecule has 0 aliphatic carbocycles. The van der Waals surface area contributed by atoms with Gasteiger partial charge in [0.05, 0.1) is 5.69 Å². The molecule has 0 spiro atoms. The average Bonchev–Trinajstić information content (AvgIpc) is 3.32. The van der Waals surface area contributed by atoms with Gasteiger partial charge in [0.15, 0.2) is 5.65 Å². The molecule has 2 aliphatic rings. The molecule has 9 heteroatoms. The van der Waals surface area contributed by atoms with Gasteiger partial charge in [-0.2, -0.15) is 0 Å². The number of piperazine rings is 1. The molecule has 3 aromatic heterocycles. The smallest absolute Gasteiger partial charge is 0.248 e. The lowest BCUT2D eigenvalue weighted by Gasteiger charge is -2.39. The normalized spacial score (nSPS) is 21.3. The number of hydrogen-bond donors (Lipinski definition) is 1. The van der Waals surface area contributed by atoms with Gasteiger partial charge in [-0.25, -0.2) is 19.9 Å². The summed E-state index contributed by atoms with van der Waals surface area (Å²) in [4.78, 5) is 34.2. The van der Waals surface area contributed by atoms with E-state index in [2.05, 4.69) is 26.4 Å². The molecule has 9 nitrogen and oxygen atoms in total. The number of hydrogen-bond acceptors (Lipinski definition) is 7. The number of aryl methyl sites for hydroxylation is 1. The summed E-state index contributed by atoms with van der Waals surface area (Å²) in [6.07, 6.45) is 5.71. The Morgan fingerprint density at radius 3 is 2.67 bits per heavy atom. The molecule has 2 aliphatic heterocycles. The minimum Gasteiger partial charge on any atom is -0.387 e. The third-order valence-electron chi connectivity index (χ3n) is 6.14. The van der Waals surface area contributed by atoms with Crippen molar-refractivity contribution in [3.63, 3.8) is 0 Å². The minimum atomic E-state index is -0.452. The van der Waals surface area contributed by atoms with Gasteiger partial charge in [0.25, 0.3) is 0 Å². The lowest BCUT2D eigenvalue weighted by atomic mass is 10.2. The second-order valence-corrected chi connectivity index (χ2v) is 8.14. The number of carbonyl (C=O) groups excluding carboxylic acids is 1. The van der Waals surface area contributed by atoms with Crippen LogP contribution in [-0.2, 0) is 11.2 Å². The van der Waals surface area contributed by atoms with Gasteiger partial charge >= 0.3 is 0 Å². The Labute approximate surface area is 174 Å². The molecule has 156 valence electrons. The number of aliphatic hydroxyl groups excluding tert-OH is 1. The number of imidazole rings is 1. The van der Waals surface area contributed by atoms with Crippen LogP contribution < -0.4 is 4.90 Å². The van der Waals surface area contributed by atoms with Crippen molar-refractivity contribution in [1.82, 2.24) is 29.4 Å². The molecule has 5 heterocycles. The van der Waals surface area contributed by atoms with Gasteiger partial charge in [-0.1, -0.05) is 0 Å². The largest absolute Gasteiger partial charge is 0.387 e. The van der Waals surface area contributed by atoms with Gasteiger partial charge in [-0.3, -0.25) is 4.79 Å². The van der Waals surface area contributed by atoms with Crippen molar-refractivity contribution in [1.29, 1.82) is 0 Å². The quantitative estimate of drug-likeness (QED) is 0.701. The van der Waals surface area contributed by atoms with Crippen LogP contribution in [0.5, 0.6) is 0 Å². The van der Waals surface area contributed by atoms with Crippen molar-refractivity contribution in [3.8, 4) is 11.3 Å². The summed E-state index contributed by atoms with van der Waals surface area (Å²) in [7, 11) is 0. The van der Waals surface area contributed by atoms with E-state index in [0.29, 0.717) is 31.6 Å². The number of anilines is 1. The topological polar surface area (TPSA) is 100 Å². The fourth-order valence-corrected chi connectivity index (χ4v) is 4.51. The van der Waals surface area contributed by atoms with E-state index in [9.17, 15) is 4.79 Å². The van der Waals surface area contributed by atoms with Crippen molar-refractivity contribution in [2.75, 3.05) is 31.1 Å². The van der Waals surface area contributed by atoms with Crippen LogP contribution in [0.3, 0.4) is 0 Å². The maximum atomic E-state index is 11.8. The second-order valence-electron chi connectivity index (χ2n) is 8.14. The first-order valence-electron chi connectivity index (χ1n) is 10.4. The molecule has 1 N–H and O–H groups in total. The maximum absolute atomic E-state index is 11.8. The zero-order valence-corrected chi connectivity index (χ0v) is 17.2. The number of pyridine rings is 1. The Morgan fingerprint density at radius 2 is 1.93 bits per heavy atom. The molecule has 2 atom stereocenters. The van der Waals surface area contributed by atoms with Crippen LogP contribution in [0.2, 0.25) is 0 Å². The summed E-state index contributed by atoms with van der Waals surface area (Å²) < 4.78 is 2.24. The number of aromatic nitrogens is 5. The van der Waals surface area contributed by atoms with Gasteiger partial charge in [0.1, 0.15) is 17.9 Å². The van der Waals surface area contributed by atoms with Gasteiger partial charge in [0.2, 0.25) is 11.9 Å². The number of amides is 1. The zero-order chi connectivity index (χ0) is 20.8. The first-order chi connectivity index (χ1) is 14.5. The highest BCUT2D eigenvalue weighted by Gasteiger charge is 2.28. The molecule has 0 radical (unpaired) electrons. The van der Waals surface area contributed by atoms with E-state index in [0.717, 1.165) is 41.1 Å². The summed E-state index contributed by atoms with van der Waals surface area (Å²) in [5, 5.41) is 9.10. The maximum Gasteiger partial charge on any atom is 0.248 e. The molecule has 30 heavy (non-hydrogen) atoms. The van der Waals surface area contributed by atoms with Crippen LogP contribution in [0.15, 0.2) is 24.5 Å². The van der Waals surface area contributed by atoms with Gasteiger partial charge in [-0.15, -0.1) is 0 Å². The molecule has 1 saturated heterocycles. The molecular formula is C21H25N7O2. The van der Waals surface area contributed by atoms with E-state index < -0.39 is 6.61 Å². The molecule has 0 unspecified atom stereocenters. The zero-order valence-electron chi connectivity index (χ0n) is 17.2. The number of rotatable bonds is 3. The SMILES string of the molecule is C[C@@H]1CN(c2ncc(-c3ccc4nc5n(c4n3)[C@@H](C)CC5)cn2)CCN1C(=O)CO. The highest BCUT2D eigenvalue weighted by molar-refractivity contribution is 5.78. The third kappa shape index (κ3) is 3.09. The number of nitrogens with zero attached hydrogens (tertiary/aromatic N) is 7. The van der Waals surface area contributed by atoms with E-state index in [1.807, 2.05) is 19.1 Å². The lowest BCUT2D eigenvalue weighted by Crippen LogP contribution is -2.55. The first kappa shape index (κ1) is 18.9. The van der Waals surface area contributed by atoms with Crippen molar-refractivity contribution in [2.24, 2.45) is 0 Å². The first-order valence-corrected chi connectivity index (χ1v) is 10.4. The van der Waals surface area contributed by atoms with Crippen LogP contribution >= 0.6 is 0 Å². The molecule has 3 aromatic rings. The minimum absolute atomic E-state index is 0.00305. The van der Waals surface area contributed by atoms with E-state index in [4.69, 9.17) is 15.1 Å². The fraction of sp³-hybridized carbons (Fsp3) is 0.476. The molecule has 5 rings (SSSR count). The van der Waals surface area contributed by atoms with Gasteiger partial charge in [-0.05, 0) is 32.4 Å². The number of fused-ring (bicyclic) bond motifs is 3. The van der Waals surface area contributed by atoms with E-state index >= 15 is 0 Å². The fourth-order valence-electron chi connectivity index (χ4n) is 4.51. The summed E-state index contributed by atoms with van der Waals surface area (Å²) in [6, 6.07) is 4.40. The Morgan fingerprint density at radius 1 is 1.13 bits per heavy atom. The van der Waals surface area contributed by atoms with Crippen molar-refractivity contribution in [2.45, 2.75) is 38.8 Å². The Balaban J connectivity index is 1.37. The Bertz CT molecular complexity index is 1090. The average molecular weight is 407 g/mol. The van der Waals surface area contributed by atoms with Crippen molar-refractivity contribution in [3.05, 3.63) is 30.4 Å². The van der Waals surface area contributed by atoms with E-state index in [-0.39, 0.29) is 11.9 Å². The van der Waals surface area contributed by atoms with Crippen LogP contribution in [0, 0.1) is 0 Å². The van der Waals surface area contributed by atoms with Gasteiger partial charge < -0.3 is 19.5 Å². The lowest BCUT2D eigenvalue weighted by molar-refractivity contribution is -0.136. The Kier molecular flexibility index (Phi) is 4.62. The monoisotopic (exact) mass is 407 g/mol. The van der Waals surface area contributed by atoms with E-state index in [1.54, 1.807) is 17.3 Å². The predicted molar refractivity (Wildman–Crippen MR) is 112 cm³/mol. The molecule has 0 aromatic carbocycles. The highest BCUT2D eigenvalue weighted by atomic mass is 16.3. The number of aliphatic hydroxyl groups is 1. The predicted octanol–water partition coefficient (Wildman–Crippen LogP) is 1.42. The van der Waals surface area contributed by atoms with Crippen LogP contribution in [0.1, 0.15) is 32.1 Å². The summed E-state index contributed by atoms with van der Waals surface area (Å²) in [6.45, 7) is 5.55. The molecule has 1 amide bonds. The highest BCUT2D eigenvalue weighted by Crippen LogP contribution is 2.31. The summed E-state index contributed by atoms with van der Waals surface area (Å²) >= 11 is 0. The standard InChI is InChI=1S/C21H25N7O2/c1-13-3-6-18-24-17-5-4-16(25-20(17)28(13)18)15-9-22-21(23-10-15)26-7-8-27(14(2)11-26)19(30)12-29/h4-5,9-10,13-14,29H,3,6-8,11-12H2,1-2H3/t13-,14+/m0/s1. The van der Waals surface area contributed by atoms with Crippen LogP contribution in [-0.4, -0.2) is 72.7 Å². The molecular weight excluding hydrogens is 382 g/mol. The van der Waals surface area contributed by atoms with E-state index in [1.165, 1.54) is 0 Å². The third-order valence-corrected chi connectivity index (χ3v) is 6.14. The number of carbonyl (C=O) groups is 1. The Hall–Kier alpha value is -3.07. The summed E-state index contributed by atoms with van der Waals surface area (Å²) in [5.41, 5.74) is 3.56. The second kappa shape index (κ2) is 7.32. The van der Waals surface area contributed by atoms with Crippen LogP contribution in [0.25, 0.3) is 22.4 Å². The molecule has 0 saturated carbocycles. The van der Waals surface area contributed by atoms with Crippen molar-refractivity contribution >= 4 is 23.0 Å². The summed E-state index contributed by atoms with van der Waals surface area (Å²) in [5.74, 6) is 1.52. The molecule has 0 bridgehead atoms. The molecule has 1 fully saturated rings. The van der Waals surface area contributed by atoms with Crippen LogP contribution in [0.4, 0.5) is 5.95 Å².